The molecule has 5 heteroatoms. The zero-order valence-electron chi connectivity index (χ0n) is 6.37. The summed E-state index contributed by atoms with van der Waals surface area (Å²) in [6.07, 6.45) is 2.54. The summed E-state index contributed by atoms with van der Waals surface area (Å²) in [4.78, 5) is 7.47. The lowest BCUT2D eigenvalue weighted by Crippen LogP contribution is -1.81. The van der Waals surface area contributed by atoms with Crippen LogP contribution in [0.3, 0.4) is 0 Å². The van der Waals surface area contributed by atoms with Crippen molar-refractivity contribution in [1.29, 1.82) is 0 Å². The fraction of sp³-hybridized carbons (Fsp3) is 0. The van der Waals surface area contributed by atoms with Crippen LogP contribution in [0.2, 0.25) is 5.35 Å². The van der Waals surface area contributed by atoms with Crippen molar-refractivity contribution in [2.45, 2.75) is 0 Å². The van der Waals surface area contributed by atoms with Gasteiger partial charge in [-0.1, -0.05) is 0 Å². The molecule has 66 valence electrons. The Bertz CT molecular complexity index is 412. The largest absolute Gasteiger partial charge is 0.426 e. The Hall–Kier alpha value is -1.42. The highest BCUT2D eigenvalue weighted by Gasteiger charge is 2.05. The van der Waals surface area contributed by atoms with Gasteiger partial charge >= 0.3 is 0 Å². The van der Waals surface area contributed by atoms with Crippen LogP contribution in [-0.4, -0.2) is 9.97 Å². The standard InChI is InChI=1S/C8H4ClFN2O/c9-8-12-4-7(13-8)6-2-1-5(10)3-11-6/h1-4H. The summed E-state index contributed by atoms with van der Waals surface area (Å²) in [5.74, 6) is 0.0272. The molecule has 2 heterocycles. The Kier molecular flexibility index (Phi) is 1.98. The minimum Gasteiger partial charge on any atom is -0.426 e. The second kappa shape index (κ2) is 3.14. The van der Waals surface area contributed by atoms with Crippen molar-refractivity contribution in [2.24, 2.45) is 0 Å². The molecule has 0 amide bonds. The molecular formula is C8H4ClFN2O. The Morgan fingerprint density at radius 2 is 2.08 bits per heavy atom. The smallest absolute Gasteiger partial charge is 0.292 e. The summed E-state index contributed by atoms with van der Waals surface area (Å²) < 4.78 is 17.5. The summed E-state index contributed by atoms with van der Waals surface area (Å²) in [7, 11) is 0. The lowest BCUT2D eigenvalue weighted by Gasteiger charge is -1.92. The van der Waals surface area contributed by atoms with E-state index in [9.17, 15) is 4.39 Å². The molecule has 0 fully saturated rings. The van der Waals surface area contributed by atoms with Crippen LogP contribution in [0.25, 0.3) is 11.5 Å². The van der Waals surface area contributed by atoms with E-state index in [1.54, 1.807) is 0 Å². The van der Waals surface area contributed by atoms with Gasteiger partial charge in [0.25, 0.3) is 5.35 Å². The van der Waals surface area contributed by atoms with Crippen LogP contribution in [0.4, 0.5) is 4.39 Å². The molecule has 0 aliphatic carbocycles. The number of hydrogen-bond donors (Lipinski definition) is 0. The molecule has 0 atom stereocenters. The summed E-state index contributed by atoms with van der Waals surface area (Å²) in [5.41, 5.74) is 0.501. The molecule has 0 bridgehead atoms. The summed E-state index contributed by atoms with van der Waals surface area (Å²) in [6, 6.07) is 2.78. The Balaban J connectivity index is 2.41. The molecule has 0 aromatic carbocycles. The van der Waals surface area contributed by atoms with Gasteiger partial charge < -0.3 is 4.42 Å². The van der Waals surface area contributed by atoms with E-state index in [4.69, 9.17) is 16.0 Å². The van der Waals surface area contributed by atoms with Crippen LogP contribution < -0.4 is 0 Å². The molecule has 0 saturated carbocycles. The molecule has 0 saturated heterocycles. The molecule has 0 unspecified atom stereocenters. The first-order valence-corrected chi connectivity index (χ1v) is 3.87. The van der Waals surface area contributed by atoms with E-state index in [0.717, 1.165) is 6.20 Å². The Labute approximate surface area is 78.2 Å². The van der Waals surface area contributed by atoms with E-state index in [2.05, 4.69) is 9.97 Å². The highest BCUT2D eigenvalue weighted by molar-refractivity contribution is 6.27. The van der Waals surface area contributed by atoms with Gasteiger partial charge in [-0.05, 0) is 23.7 Å². The van der Waals surface area contributed by atoms with Gasteiger partial charge in [0.1, 0.15) is 11.5 Å². The highest BCUT2D eigenvalue weighted by Crippen LogP contribution is 2.19. The monoisotopic (exact) mass is 198 g/mol. The molecule has 0 radical (unpaired) electrons. The molecule has 2 rings (SSSR count). The van der Waals surface area contributed by atoms with Crippen LogP contribution in [0, 0.1) is 5.82 Å². The van der Waals surface area contributed by atoms with E-state index in [1.807, 2.05) is 0 Å². The van der Waals surface area contributed by atoms with Crippen LogP contribution in [0.15, 0.2) is 28.9 Å². The maximum Gasteiger partial charge on any atom is 0.292 e. The minimum atomic E-state index is -0.394. The fourth-order valence-electron chi connectivity index (χ4n) is 0.893. The quantitative estimate of drug-likeness (QED) is 0.707. The lowest BCUT2D eigenvalue weighted by molar-refractivity contribution is 0.571. The third-order valence-corrected chi connectivity index (χ3v) is 1.63. The number of hydrogen-bond acceptors (Lipinski definition) is 3. The zero-order valence-corrected chi connectivity index (χ0v) is 7.12. The van der Waals surface area contributed by atoms with Gasteiger partial charge in [0.15, 0.2) is 5.76 Å². The number of rotatable bonds is 1. The number of nitrogens with zero attached hydrogens (tertiary/aromatic N) is 2. The summed E-state index contributed by atoms with van der Waals surface area (Å²) in [5, 5.41) is 0.0427. The first kappa shape index (κ1) is 8.19. The maximum absolute atomic E-state index is 12.5. The Morgan fingerprint density at radius 1 is 1.23 bits per heavy atom. The van der Waals surface area contributed by atoms with Gasteiger partial charge in [-0.2, -0.15) is 0 Å². The molecule has 13 heavy (non-hydrogen) atoms. The first-order chi connectivity index (χ1) is 6.25. The molecule has 2 aromatic heterocycles. The number of pyridine rings is 1. The molecular weight excluding hydrogens is 195 g/mol. The molecule has 0 aliphatic rings. The van der Waals surface area contributed by atoms with E-state index in [0.29, 0.717) is 11.5 Å². The second-order valence-electron chi connectivity index (χ2n) is 2.34. The maximum atomic E-state index is 12.5. The van der Waals surface area contributed by atoms with E-state index in [-0.39, 0.29) is 5.35 Å². The molecule has 0 spiro atoms. The van der Waals surface area contributed by atoms with Crippen molar-refractivity contribution < 1.29 is 8.81 Å². The van der Waals surface area contributed by atoms with Crippen LogP contribution in [0.1, 0.15) is 0 Å². The molecule has 0 N–H and O–H groups in total. The highest BCUT2D eigenvalue weighted by atomic mass is 35.5. The summed E-state index contributed by atoms with van der Waals surface area (Å²) in [6.45, 7) is 0. The van der Waals surface area contributed by atoms with Gasteiger partial charge in [-0.15, -0.1) is 0 Å². The van der Waals surface area contributed by atoms with Crippen molar-refractivity contribution in [3.05, 3.63) is 35.7 Å². The second-order valence-corrected chi connectivity index (χ2v) is 2.66. The minimum absolute atomic E-state index is 0.0427. The average molecular weight is 199 g/mol. The van der Waals surface area contributed by atoms with Crippen molar-refractivity contribution >= 4 is 11.6 Å². The Morgan fingerprint density at radius 3 is 2.62 bits per heavy atom. The first-order valence-electron chi connectivity index (χ1n) is 3.49. The topological polar surface area (TPSA) is 38.9 Å². The summed E-state index contributed by atoms with van der Waals surface area (Å²) >= 11 is 5.46. The SMILES string of the molecule is Fc1ccc(-c2cnc(Cl)o2)nc1. The number of aromatic nitrogens is 2. The number of oxazole rings is 1. The van der Waals surface area contributed by atoms with Crippen LogP contribution in [-0.2, 0) is 0 Å². The molecule has 0 aliphatic heterocycles. The van der Waals surface area contributed by atoms with E-state index in [1.165, 1.54) is 18.3 Å². The predicted octanol–water partition coefficient (Wildman–Crippen LogP) is 2.53. The zero-order chi connectivity index (χ0) is 9.26. The fourth-order valence-corrected chi connectivity index (χ4v) is 1.02. The van der Waals surface area contributed by atoms with Crippen LogP contribution >= 0.6 is 11.6 Å². The average Bonchev–Trinajstić information content (AvgIpc) is 2.53. The van der Waals surface area contributed by atoms with Crippen molar-refractivity contribution in [3.63, 3.8) is 0 Å². The molecule has 3 nitrogen and oxygen atoms in total. The third-order valence-electron chi connectivity index (χ3n) is 1.46. The predicted molar refractivity (Wildman–Crippen MR) is 44.7 cm³/mol. The van der Waals surface area contributed by atoms with Gasteiger partial charge in [0.05, 0.1) is 12.4 Å². The van der Waals surface area contributed by atoms with Gasteiger partial charge in [0, 0.05) is 0 Å². The lowest BCUT2D eigenvalue weighted by atomic mass is 10.3. The third kappa shape index (κ3) is 1.67. The van der Waals surface area contributed by atoms with E-state index >= 15 is 0 Å². The van der Waals surface area contributed by atoms with Crippen molar-refractivity contribution in [2.75, 3.05) is 0 Å². The van der Waals surface area contributed by atoms with Gasteiger partial charge in [0.2, 0.25) is 0 Å². The van der Waals surface area contributed by atoms with Gasteiger partial charge in [-0.3, -0.25) is 0 Å². The van der Waals surface area contributed by atoms with Gasteiger partial charge in [-0.25, -0.2) is 14.4 Å². The van der Waals surface area contributed by atoms with Crippen molar-refractivity contribution in [1.82, 2.24) is 9.97 Å². The normalized spacial score (nSPS) is 10.3. The van der Waals surface area contributed by atoms with Crippen molar-refractivity contribution in [3.8, 4) is 11.5 Å². The number of halogens is 2. The molecule has 2 aromatic rings. The van der Waals surface area contributed by atoms with E-state index < -0.39 is 5.82 Å². The van der Waals surface area contributed by atoms with Crippen LogP contribution in [0.5, 0.6) is 0 Å².